The number of aromatic amines is 1. The van der Waals surface area contributed by atoms with Gasteiger partial charge in [-0.2, -0.15) is 5.10 Å². The number of H-pyrrole nitrogens is 1. The third kappa shape index (κ3) is 4.16. The summed E-state index contributed by atoms with van der Waals surface area (Å²) in [5, 5.41) is 9.72. The lowest BCUT2D eigenvalue weighted by molar-refractivity contribution is -0.117. The number of nitrogens with zero attached hydrogens (tertiary/aromatic N) is 2. The Balaban J connectivity index is 2.44. The van der Waals surface area contributed by atoms with Gasteiger partial charge in [0.05, 0.1) is 23.6 Å². The number of carbonyl (C=O) groups is 1. The Labute approximate surface area is 102 Å². The van der Waals surface area contributed by atoms with Crippen LogP contribution in [-0.4, -0.2) is 47.7 Å². The van der Waals surface area contributed by atoms with E-state index in [2.05, 4.69) is 15.5 Å². The summed E-state index contributed by atoms with van der Waals surface area (Å²) in [6, 6.07) is 0. The number of nitrogens with two attached hydrogens (primary N) is 1. The fourth-order valence-electron chi connectivity index (χ4n) is 1.60. The third-order valence-corrected chi connectivity index (χ3v) is 2.55. The first-order chi connectivity index (χ1) is 8.04. The van der Waals surface area contributed by atoms with Gasteiger partial charge in [0.1, 0.15) is 0 Å². The van der Waals surface area contributed by atoms with E-state index in [9.17, 15) is 4.79 Å². The van der Waals surface area contributed by atoms with Crippen LogP contribution in [0.5, 0.6) is 0 Å². The molecule has 1 rings (SSSR count). The Morgan fingerprint density at radius 3 is 2.76 bits per heavy atom. The van der Waals surface area contributed by atoms with Gasteiger partial charge in [-0.05, 0) is 40.4 Å². The van der Waals surface area contributed by atoms with Gasteiger partial charge in [-0.3, -0.25) is 14.8 Å². The van der Waals surface area contributed by atoms with Gasteiger partial charge < -0.3 is 11.1 Å². The number of carbonyl (C=O) groups excluding carboxylic acids is 1. The maximum absolute atomic E-state index is 11.8. The quantitative estimate of drug-likeness (QED) is 0.664. The molecule has 0 fully saturated rings. The van der Waals surface area contributed by atoms with Crippen LogP contribution in [0, 0.1) is 13.8 Å². The van der Waals surface area contributed by atoms with Crippen LogP contribution in [0.3, 0.4) is 0 Å². The van der Waals surface area contributed by atoms with Crippen molar-refractivity contribution in [2.45, 2.75) is 20.3 Å². The summed E-state index contributed by atoms with van der Waals surface area (Å²) >= 11 is 0. The standard InChI is InChI=1S/C11H21N5O/c1-8-11(9(2)15-14-8)13-10(17)7-16(3)6-4-5-12/h4-7,12H2,1-3H3,(H,13,17)(H,14,15). The first-order valence-electron chi connectivity index (χ1n) is 5.74. The molecule has 4 N–H and O–H groups in total. The maximum atomic E-state index is 11.8. The van der Waals surface area contributed by atoms with E-state index < -0.39 is 0 Å². The first-order valence-corrected chi connectivity index (χ1v) is 5.74. The van der Waals surface area contributed by atoms with Crippen LogP contribution in [0.25, 0.3) is 0 Å². The number of aryl methyl sites for hydroxylation is 2. The van der Waals surface area contributed by atoms with Gasteiger partial charge in [-0.25, -0.2) is 0 Å². The van der Waals surface area contributed by atoms with E-state index in [4.69, 9.17) is 5.73 Å². The van der Waals surface area contributed by atoms with Crippen molar-refractivity contribution in [3.63, 3.8) is 0 Å². The molecule has 1 aromatic rings. The number of likely N-dealkylation sites (N-methyl/N-ethyl adjacent to an activating group) is 1. The van der Waals surface area contributed by atoms with Crippen molar-refractivity contribution in [3.8, 4) is 0 Å². The minimum absolute atomic E-state index is 0.0304. The third-order valence-electron chi connectivity index (χ3n) is 2.55. The van der Waals surface area contributed by atoms with E-state index in [0.717, 1.165) is 30.0 Å². The summed E-state index contributed by atoms with van der Waals surface area (Å²) in [5.41, 5.74) is 7.88. The second-order valence-corrected chi connectivity index (χ2v) is 4.24. The fourth-order valence-corrected chi connectivity index (χ4v) is 1.60. The predicted octanol–water partition coefficient (Wildman–Crippen LogP) is 0.246. The molecular weight excluding hydrogens is 218 g/mol. The second-order valence-electron chi connectivity index (χ2n) is 4.24. The van der Waals surface area contributed by atoms with Gasteiger partial charge in [0.2, 0.25) is 5.91 Å². The highest BCUT2D eigenvalue weighted by Gasteiger charge is 2.11. The van der Waals surface area contributed by atoms with E-state index >= 15 is 0 Å². The molecule has 0 aromatic carbocycles. The molecule has 6 heteroatoms. The smallest absolute Gasteiger partial charge is 0.238 e. The van der Waals surface area contributed by atoms with Crippen LogP contribution >= 0.6 is 0 Å². The number of aromatic nitrogens is 2. The zero-order valence-electron chi connectivity index (χ0n) is 10.7. The molecule has 0 unspecified atom stereocenters. The summed E-state index contributed by atoms with van der Waals surface area (Å²) in [7, 11) is 1.91. The normalized spacial score (nSPS) is 10.9. The molecule has 0 aliphatic rings. The van der Waals surface area contributed by atoms with Crippen LogP contribution < -0.4 is 11.1 Å². The highest BCUT2D eigenvalue weighted by molar-refractivity contribution is 5.93. The van der Waals surface area contributed by atoms with E-state index in [1.165, 1.54) is 0 Å². The lowest BCUT2D eigenvalue weighted by atomic mass is 10.3. The zero-order chi connectivity index (χ0) is 12.8. The molecule has 6 nitrogen and oxygen atoms in total. The average molecular weight is 239 g/mol. The van der Waals surface area contributed by atoms with Crippen molar-refractivity contribution in [1.82, 2.24) is 15.1 Å². The summed E-state index contributed by atoms with van der Waals surface area (Å²) in [4.78, 5) is 13.7. The molecule has 0 saturated heterocycles. The Morgan fingerprint density at radius 1 is 1.53 bits per heavy atom. The van der Waals surface area contributed by atoms with Crippen LogP contribution in [0.4, 0.5) is 5.69 Å². The van der Waals surface area contributed by atoms with E-state index in [1.807, 2.05) is 25.8 Å². The van der Waals surface area contributed by atoms with Crippen molar-refractivity contribution in [1.29, 1.82) is 0 Å². The number of amides is 1. The van der Waals surface area contributed by atoms with Gasteiger partial charge in [0.25, 0.3) is 0 Å². The fraction of sp³-hybridized carbons (Fsp3) is 0.636. The number of rotatable bonds is 6. The first kappa shape index (κ1) is 13.7. The van der Waals surface area contributed by atoms with Gasteiger partial charge in [0, 0.05) is 0 Å². The monoisotopic (exact) mass is 239 g/mol. The Morgan fingerprint density at radius 2 is 2.24 bits per heavy atom. The lowest BCUT2D eigenvalue weighted by Crippen LogP contribution is -2.31. The van der Waals surface area contributed by atoms with Gasteiger partial charge in [-0.15, -0.1) is 0 Å². The van der Waals surface area contributed by atoms with Crippen molar-refractivity contribution in [3.05, 3.63) is 11.4 Å². The summed E-state index contributed by atoms with van der Waals surface area (Å²) in [6.45, 7) is 5.58. The minimum Gasteiger partial charge on any atom is -0.330 e. The topological polar surface area (TPSA) is 87.0 Å². The molecule has 1 amide bonds. The van der Waals surface area contributed by atoms with Crippen molar-refractivity contribution >= 4 is 11.6 Å². The number of anilines is 1. The summed E-state index contributed by atoms with van der Waals surface area (Å²) in [5.74, 6) is -0.0304. The SMILES string of the molecule is Cc1n[nH]c(C)c1NC(=O)CN(C)CCCN. The van der Waals surface area contributed by atoms with E-state index in [1.54, 1.807) is 0 Å². The van der Waals surface area contributed by atoms with Crippen LogP contribution in [0.1, 0.15) is 17.8 Å². The van der Waals surface area contributed by atoms with Crippen molar-refractivity contribution in [2.75, 3.05) is 32.0 Å². The van der Waals surface area contributed by atoms with Gasteiger partial charge in [0.15, 0.2) is 0 Å². The largest absolute Gasteiger partial charge is 0.330 e. The Hall–Kier alpha value is -1.40. The molecule has 17 heavy (non-hydrogen) atoms. The summed E-state index contributed by atoms with van der Waals surface area (Å²) < 4.78 is 0. The summed E-state index contributed by atoms with van der Waals surface area (Å²) in [6.07, 6.45) is 0.896. The number of nitrogens with one attached hydrogen (secondary N) is 2. The molecule has 1 heterocycles. The number of hydrogen-bond acceptors (Lipinski definition) is 4. The molecule has 0 aliphatic heterocycles. The number of hydrogen-bond donors (Lipinski definition) is 3. The van der Waals surface area contributed by atoms with Crippen LogP contribution in [0.2, 0.25) is 0 Å². The molecule has 96 valence electrons. The lowest BCUT2D eigenvalue weighted by Gasteiger charge is -2.15. The Kier molecular flexibility index (Phi) is 5.11. The molecule has 0 spiro atoms. The van der Waals surface area contributed by atoms with E-state index in [-0.39, 0.29) is 5.91 Å². The molecule has 0 bridgehead atoms. The molecular formula is C11H21N5O. The molecule has 0 radical (unpaired) electrons. The van der Waals surface area contributed by atoms with Gasteiger partial charge >= 0.3 is 0 Å². The molecule has 1 aromatic heterocycles. The van der Waals surface area contributed by atoms with Crippen molar-refractivity contribution < 1.29 is 4.79 Å². The maximum Gasteiger partial charge on any atom is 0.238 e. The zero-order valence-corrected chi connectivity index (χ0v) is 10.7. The van der Waals surface area contributed by atoms with Crippen molar-refractivity contribution in [2.24, 2.45) is 5.73 Å². The van der Waals surface area contributed by atoms with Crippen LogP contribution in [0.15, 0.2) is 0 Å². The molecule has 0 aliphatic carbocycles. The molecule has 0 saturated carbocycles. The van der Waals surface area contributed by atoms with Crippen LogP contribution in [-0.2, 0) is 4.79 Å². The predicted molar refractivity (Wildman–Crippen MR) is 67.9 cm³/mol. The minimum atomic E-state index is -0.0304. The second kappa shape index (κ2) is 6.36. The highest BCUT2D eigenvalue weighted by atomic mass is 16.2. The highest BCUT2D eigenvalue weighted by Crippen LogP contribution is 2.15. The van der Waals surface area contributed by atoms with Gasteiger partial charge in [-0.1, -0.05) is 0 Å². The van der Waals surface area contributed by atoms with E-state index in [0.29, 0.717) is 13.1 Å². The average Bonchev–Trinajstić information content (AvgIpc) is 2.58. The molecule has 0 atom stereocenters. The Bertz CT molecular complexity index is 354.